The van der Waals surface area contributed by atoms with Crippen LogP contribution < -0.4 is 11.1 Å². The van der Waals surface area contributed by atoms with Crippen molar-refractivity contribution in [2.45, 2.75) is 45.6 Å². The maximum atomic E-state index is 8.82. The number of hydrogen-bond donors (Lipinski definition) is 2. The lowest BCUT2D eigenvalue weighted by molar-refractivity contribution is 0.253. The fraction of sp³-hybridized carbons (Fsp3) is 0.600. The minimum atomic E-state index is 0.441. The molecule has 1 heterocycles. The fourth-order valence-corrected chi connectivity index (χ4v) is 2.98. The SMILES string of the molecule is CC(C)C1CCCCC1Nc1ncc(C#N)cc1N. The van der Waals surface area contributed by atoms with Crippen molar-refractivity contribution in [1.29, 1.82) is 5.26 Å². The average Bonchev–Trinajstić information content (AvgIpc) is 2.41. The van der Waals surface area contributed by atoms with Crippen molar-refractivity contribution >= 4 is 11.5 Å². The molecule has 2 rings (SSSR count). The monoisotopic (exact) mass is 258 g/mol. The van der Waals surface area contributed by atoms with Gasteiger partial charge in [-0.3, -0.25) is 0 Å². The maximum absolute atomic E-state index is 8.82. The predicted octanol–water partition coefficient (Wildman–Crippen LogP) is 3.16. The maximum Gasteiger partial charge on any atom is 0.149 e. The van der Waals surface area contributed by atoms with Crippen LogP contribution in [-0.2, 0) is 0 Å². The molecule has 1 saturated carbocycles. The molecule has 4 heteroatoms. The summed E-state index contributed by atoms with van der Waals surface area (Å²) in [6, 6.07) is 4.18. The Hall–Kier alpha value is -1.76. The summed E-state index contributed by atoms with van der Waals surface area (Å²) < 4.78 is 0. The van der Waals surface area contributed by atoms with Gasteiger partial charge < -0.3 is 11.1 Å². The molecule has 2 atom stereocenters. The van der Waals surface area contributed by atoms with E-state index in [2.05, 4.69) is 30.2 Å². The molecule has 102 valence electrons. The van der Waals surface area contributed by atoms with Gasteiger partial charge in [0.05, 0.1) is 11.3 Å². The van der Waals surface area contributed by atoms with E-state index in [0.29, 0.717) is 29.1 Å². The molecule has 0 radical (unpaired) electrons. The molecule has 1 aromatic rings. The Morgan fingerprint density at radius 1 is 1.42 bits per heavy atom. The van der Waals surface area contributed by atoms with E-state index in [1.54, 1.807) is 12.3 Å². The smallest absolute Gasteiger partial charge is 0.149 e. The van der Waals surface area contributed by atoms with Crippen molar-refractivity contribution in [1.82, 2.24) is 4.98 Å². The first kappa shape index (κ1) is 13.7. The van der Waals surface area contributed by atoms with Crippen LogP contribution in [0.2, 0.25) is 0 Å². The number of rotatable bonds is 3. The average molecular weight is 258 g/mol. The van der Waals surface area contributed by atoms with Crippen molar-refractivity contribution in [3.8, 4) is 6.07 Å². The number of nitriles is 1. The van der Waals surface area contributed by atoms with E-state index in [9.17, 15) is 0 Å². The van der Waals surface area contributed by atoms with E-state index < -0.39 is 0 Å². The van der Waals surface area contributed by atoms with Gasteiger partial charge in [0, 0.05) is 12.2 Å². The number of nitrogens with one attached hydrogen (secondary N) is 1. The molecule has 0 aliphatic heterocycles. The van der Waals surface area contributed by atoms with Gasteiger partial charge >= 0.3 is 0 Å². The summed E-state index contributed by atoms with van der Waals surface area (Å²) in [7, 11) is 0. The molecule has 1 aromatic heterocycles. The number of aromatic nitrogens is 1. The second kappa shape index (κ2) is 5.92. The molecule has 0 aromatic carbocycles. The van der Waals surface area contributed by atoms with Crippen molar-refractivity contribution < 1.29 is 0 Å². The summed E-state index contributed by atoms with van der Waals surface area (Å²) in [5.74, 6) is 2.06. The Balaban J connectivity index is 2.13. The first-order valence-corrected chi connectivity index (χ1v) is 7.04. The standard InChI is InChI=1S/C15H22N4/c1-10(2)12-5-3-4-6-14(12)19-15-13(17)7-11(8-16)9-18-15/h7,9-10,12,14H,3-6,17H2,1-2H3,(H,18,19). The van der Waals surface area contributed by atoms with Crippen molar-refractivity contribution in [2.24, 2.45) is 11.8 Å². The number of nitrogens with zero attached hydrogens (tertiary/aromatic N) is 2. The lowest BCUT2D eigenvalue weighted by Crippen LogP contribution is -2.35. The number of pyridine rings is 1. The zero-order valence-electron chi connectivity index (χ0n) is 11.7. The minimum Gasteiger partial charge on any atom is -0.396 e. The van der Waals surface area contributed by atoms with Crippen LogP contribution in [0.15, 0.2) is 12.3 Å². The summed E-state index contributed by atoms with van der Waals surface area (Å²) in [6.07, 6.45) is 6.59. The molecule has 2 unspecified atom stereocenters. The van der Waals surface area contributed by atoms with Crippen molar-refractivity contribution in [3.05, 3.63) is 17.8 Å². The Morgan fingerprint density at radius 3 is 2.79 bits per heavy atom. The second-order valence-electron chi connectivity index (χ2n) is 5.72. The zero-order valence-corrected chi connectivity index (χ0v) is 11.7. The summed E-state index contributed by atoms with van der Waals surface area (Å²) in [4.78, 5) is 4.28. The van der Waals surface area contributed by atoms with Crippen LogP contribution in [0.3, 0.4) is 0 Å². The van der Waals surface area contributed by atoms with Crippen LogP contribution in [0.25, 0.3) is 0 Å². The number of anilines is 2. The molecule has 0 amide bonds. The highest BCUT2D eigenvalue weighted by Crippen LogP contribution is 2.32. The van der Waals surface area contributed by atoms with Crippen molar-refractivity contribution in [3.63, 3.8) is 0 Å². The lowest BCUT2D eigenvalue weighted by Gasteiger charge is -2.35. The van der Waals surface area contributed by atoms with Crippen LogP contribution in [0.1, 0.15) is 45.1 Å². The molecule has 1 fully saturated rings. The molecule has 3 N–H and O–H groups in total. The van der Waals surface area contributed by atoms with Gasteiger partial charge in [0.1, 0.15) is 11.9 Å². The van der Waals surface area contributed by atoms with Gasteiger partial charge in [-0.2, -0.15) is 5.26 Å². The highest BCUT2D eigenvalue weighted by atomic mass is 15.0. The van der Waals surface area contributed by atoms with Crippen LogP contribution in [0, 0.1) is 23.2 Å². The molecular formula is C15H22N4. The van der Waals surface area contributed by atoms with E-state index in [4.69, 9.17) is 11.0 Å². The minimum absolute atomic E-state index is 0.441. The summed E-state index contributed by atoms with van der Waals surface area (Å²) >= 11 is 0. The van der Waals surface area contributed by atoms with Gasteiger partial charge in [-0.05, 0) is 30.7 Å². The Kier molecular flexibility index (Phi) is 4.26. The van der Waals surface area contributed by atoms with E-state index in [-0.39, 0.29) is 0 Å². The van der Waals surface area contributed by atoms with Gasteiger partial charge in [0.2, 0.25) is 0 Å². The van der Waals surface area contributed by atoms with E-state index >= 15 is 0 Å². The summed E-state index contributed by atoms with van der Waals surface area (Å²) in [6.45, 7) is 4.56. The topological polar surface area (TPSA) is 74.7 Å². The highest BCUT2D eigenvalue weighted by molar-refractivity contribution is 5.63. The third kappa shape index (κ3) is 3.17. The largest absolute Gasteiger partial charge is 0.396 e. The molecule has 4 nitrogen and oxygen atoms in total. The van der Waals surface area contributed by atoms with E-state index in [0.717, 1.165) is 5.82 Å². The van der Waals surface area contributed by atoms with Crippen LogP contribution in [-0.4, -0.2) is 11.0 Å². The predicted molar refractivity (Wildman–Crippen MR) is 77.6 cm³/mol. The normalized spacial score (nSPS) is 23.1. The first-order chi connectivity index (χ1) is 9.11. The Bertz CT molecular complexity index is 476. The molecule has 1 aliphatic carbocycles. The number of nitrogens with two attached hydrogens (primary N) is 1. The van der Waals surface area contributed by atoms with Gasteiger partial charge in [-0.25, -0.2) is 4.98 Å². The van der Waals surface area contributed by atoms with E-state index in [1.165, 1.54) is 25.7 Å². The van der Waals surface area contributed by atoms with Crippen LogP contribution in [0.5, 0.6) is 0 Å². The van der Waals surface area contributed by atoms with Crippen LogP contribution >= 0.6 is 0 Å². The molecule has 19 heavy (non-hydrogen) atoms. The molecule has 0 bridgehead atoms. The molecule has 0 saturated heterocycles. The third-order valence-electron chi connectivity index (χ3n) is 4.04. The number of hydrogen-bond acceptors (Lipinski definition) is 4. The molecule has 1 aliphatic rings. The Morgan fingerprint density at radius 2 is 2.16 bits per heavy atom. The van der Waals surface area contributed by atoms with Gasteiger partial charge in [-0.1, -0.05) is 26.7 Å². The quantitative estimate of drug-likeness (QED) is 0.873. The van der Waals surface area contributed by atoms with E-state index in [1.807, 2.05) is 0 Å². The Labute approximate surface area is 115 Å². The zero-order chi connectivity index (χ0) is 13.8. The molecule has 0 spiro atoms. The number of nitrogen functional groups attached to an aromatic ring is 1. The summed E-state index contributed by atoms with van der Waals surface area (Å²) in [5, 5.41) is 12.3. The third-order valence-corrected chi connectivity index (χ3v) is 4.04. The lowest BCUT2D eigenvalue weighted by atomic mass is 9.78. The van der Waals surface area contributed by atoms with Gasteiger partial charge in [-0.15, -0.1) is 0 Å². The summed E-state index contributed by atoms with van der Waals surface area (Å²) in [5.41, 5.74) is 7.03. The molecular weight excluding hydrogens is 236 g/mol. The van der Waals surface area contributed by atoms with Gasteiger partial charge in [0.15, 0.2) is 0 Å². The van der Waals surface area contributed by atoms with Crippen LogP contribution in [0.4, 0.5) is 11.5 Å². The second-order valence-corrected chi connectivity index (χ2v) is 5.72. The highest BCUT2D eigenvalue weighted by Gasteiger charge is 2.27. The van der Waals surface area contributed by atoms with Gasteiger partial charge in [0.25, 0.3) is 0 Å². The first-order valence-electron chi connectivity index (χ1n) is 7.04. The fourth-order valence-electron chi connectivity index (χ4n) is 2.98. The van der Waals surface area contributed by atoms with Crippen molar-refractivity contribution in [2.75, 3.05) is 11.1 Å².